The summed E-state index contributed by atoms with van der Waals surface area (Å²) in [5.74, 6) is 12.2. The van der Waals surface area contributed by atoms with Gasteiger partial charge in [0.05, 0.1) is 0 Å². The van der Waals surface area contributed by atoms with Crippen molar-refractivity contribution in [1.29, 1.82) is 0 Å². The number of rotatable bonds is 1. The van der Waals surface area contributed by atoms with Crippen LogP contribution in [0, 0.1) is 5.41 Å². The Hall–Kier alpha value is -0.120. The van der Waals surface area contributed by atoms with Gasteiger partial charge in [-0.1, -0.05) is 13.8 Å². The Balaban J connectivity index is 2.29. The van der Waals surface area contributed by atoms with Crippen molar-refractivity contribution in [3.63, 3.8) is 0 Å². The van der Waals surface area contributed by atoms with Gasteiger partial charge in [-0.2, -0.15) is 16.4 Å². The second kappa shape index (κ2) is 2.22. The third-order valence-electron chi connectivity index (χ3n) is 4.26. The van der Waals surface area contributed by atoms with Crippen LogP contribution in [-0.2, 0) is 0 Å². The predicted molar refractivity (Wildman–Crippen MR) is 48.5 cm³/mol. The molecule has 0 spiro atoms. The summed E-state index contributed by atoms with van der Waals surface area (Å²) in [6, 6.07) is 1.03. The van der Waals surface area contributed by atoms with E-state index < -0.39 is 0 Å². The zero-order valence-corrected chi connectivity index (χ0v) is 8.09. The summed E-state index contributed by atoms with van der Waals surface area (Å²) in [6.45, 7) is 4.59. The van der Waals surface area contributed by atoms with E-state index in [0.717, 1.165) is 0 Å². The molecule has 2 aliphatic rings. The number of quaternary nitrogens is 1. The van der Waals surface area contributed by atoms with Crippen LogP contribution in [0.4, 0.5) is 0 Å². The van der Waals surface area contributed by atoms with Gasteiger partial charge in [-0.3, -0.25) is 0 Å². The lowest BCUT2D eigenvalue weighted by molar-refractivity contribution is -0.974. The molecule has 3 nitrogen and oxygen atoms in total. The standard InChI is InChI=1S/C9H20N3/c1-3-9(2)6-7-4-5-8(9)12(7,10)11/h7-8H,3-6,10-11H2,1-2H3/q+1. The van der Waals surface area contributed by atoms with E-state index in [0.29, 0.717) is 22.2 Å². The summed E-state index contributed by atoms with van der Waals surface area (Å²) < 4.78 is 0.310. The Labute approximate surface area is 74.2 Å². The van der Waals surface area contributed by atoms with Crippen LogP contribution in [0.5, 0.6) is 0 Å². The van der Waals surface area contributed by atoms with E-state index in [1.807, 2.05) is 0 Å². The van der Waals surface area contributed by atoms with Crippen LogP contribution in [0.15, 0.2) is 0 Å². The molecule has 2 bridgehead atoms. The van der Waals surface area contributed by atoms with Gasteiger partial charge in [0.15, 0.2) is 0 Å². The molecule has 0 aliphatic carbocycles. The molecule has 70 valence electrons. The summed E-state index contributed by atoms with van der Waals surface area (Å²) in [4.78, 5) is 0. The highest BCUT2D eigenvalue weighted by molar-refractivity contribution is 4.96. The highest BCUT2D eigenvalue weighted by Crippen LogP contribution is 2.51. The van der Waals surface area contributed by atoms with Crippen molar-refractivity contribution in [3.05, 3.63) is 0 Å². The Bertz CT molecular complexity index is 202. The van der Waals surface area contributed by atoms with Crippen LogP contribution in [0.25, 0.3) is 0 Å². The maximum atomic E-state index is 6.09. The monoisotopic (exact) mass is 170 g/mol. The van der Waals surface area contributed by atoms with Crippen LogP contribution < -0.4 is 11.7 Å². The molecule has 2 heterocycles. The normalized spacial score (nSPS) is 50.0. The molecule has 2 rings (SSSR count). The number of hydrogen-bond donors (Lipinski definition) is 2. The van der Waals surface area contributed by atoms with E-state index in [1.54, 1.807) is 0 Å². The van der Waals surface area contributed by atoms with Gasteiger partial charge in [0.2, 0.25) is 0 Å². The van der Waals surface area contributed by atoms with E-state index in [9.17, 15) is 0 Å². The molecule has 2 saturated heterocycles. The van der Waals surface area contributed by atoms with E-state index in [1.165, 1.54) is 25.7 Å². The van der Waals surface area contributed by atoms with E-state index in [-0.39, 0.29) is 0 Å². The summed E-state index contributed by atoms with van der Waals surface area (Å²) in [6.07, 6.45) is 4.89. The van der Waals surface area contributed by atoms with Crippen molar-refractivity contribution in [1.82, 2.24) is 0 Å². The number of fused-ring (bicyclic) bond motifs is 2. The first-order valence-electron chi connectivity index (χ1n) is 4.96. The molecule has 2 aliphatic heterocycles. The first-order valence-corrected chi connectivity index (χ1v) is 4.96. The highest BCUT2D eigenvalue weighted by Gasteiger charge is 2.62. The molecule has 0 radical (unpaired) electrons. The van der Waals surface area contributed by atoms with E-state index in [2.05, 4.69) is 13.8 Å². The van der Waals surface area contributed by atoms with E-state index >= 15 is 0 Å². The molecule has 12 heavy (non-hydrogen) atoms. The lowest BCUT2D eigenvalue weighted by Crippen LogP contribution is -2.65. The van der Waals surface area contributed by atoms with Crippen molar-refractivity contribution in [2.24, 2.45) is 17.1 Å². The van der Waals surface area contributed by atoms with Crippen molar-refractivity contribution >= 4 is 0 Å². The van der Waals surface area contributed by atoms with Gasteiger partial charge < -0.3 is 0 Å². The molecular formula is C9H20N3+. The van der Waals surface area contributed by atoms with Crippen LogP contribution in [0.2, 0.25) is 0 Å². The van der Waals surface area contributed by atoms with Gasteiger partial charge in [0, 0.05) is 24.7 Å². The maximum absolute atomic E-state index is 6.09. The quantitative estimate of drug-likeness (QED) is 0.454. The predicted octanol–water partition coefficient (Wildman–Crippen LogP) is 0.902. The van der Waals surface area contributed by atoms with Gasteiger partial charge in [-0.05, 0) is 6.42 Å². The molecule has 0 amide bonds. The minimum atomic E-state index is 0.310. The molecule has 3 heteroatoms. The third kappa shape index (κ3) is 0.817. The zero-order chi connectivity index (χ0) is 8.98. The van der Waals surface area contributed by atoms with Gasteiger partial charge >= 0.3 is 0 Å². The summed E-state index contributed by atoms with van der Waals surface area (Å²) in [5.41, 5.74) is 0.409. The number of nitrogens with zero attached hydrogens (tertiary/aromatic N) is 1. The van der Waals surface area contributed by atoms with Gasteiger partial charge in [-0.15, -0.1) is 0 Å². The summed E-state index contributed by atoms with van der Waals surface area (Å²) >= 11 is 0. The first-order chi connectivity index (χ1) is 5.50. The number of hydrogen-bond acceptors (Lipinski definition) is 2. The fourth-order valence-electron chi connectivity index (χ4n) is 3.25. The lowest BCUT2D eigenvalue weighted by atomic mass is 9.74. The van der Waals surface area contributed by atoms with Crippen LogP contribution in [-0.4, -0.2) is 16.8 Å². The van der Waals surface area contributed by atoms with Crippen LogP contribution in [0.3, 0.4) is 0 Å². The first kappa shape index (κ1) is 8.48. The van der Waals surface area contributed by atoms with Gasteiger partial charge in [0.25, 0.3) is 0 Å². The fourth-order valence-corrected chi connectivity index (χ4v) is 3.25. The Morgan fingerprint density at radius 3 is 2.33 bits per heavy atom. The van der Waals surface area contributed by atoms with Gasteiger partial charge in [-0.25, -0.2) is 0 Å². The van der Waals surface area contributed by atoms with Crippen molar-refractivity contribution in [2.75, 3.05) is 0 Å². The molecule has 3 unspecified atom stereocenters. The molecule has 0 saturated carbocycles. The highest BCUT2D eigenvalue weighted by atomic mass is 15.8. The minimum Gasteiger partial charge on any atom is -0.170 e. The zero-order valence-electron chi connectivity index (χ0n) is 8.09. The van der Waals surface area contributed by atoms with Gasteiger partial charge in [0.1, 0.15) is 12.1 Å². The van der Waals surface area contributed by atoms with Crippen molar-refractivity contribution < 1.29 is 4.70 Å². The Morgan fingerprint density at radius 1 is 1.42 bits per heavy atom. The molecule has 0 aromatic carbocycles. The molecule has 3 atom stereocenters. The van der Waals surface area contributed by atoms with Crippen LogP contribution in [0.1, 0.15) is 39.5 Å². The molecule has 0 aromatic heterocycles. The molecule has 2 fully saturated rings. The Kier molecular flexibility index (Phi) is 1.57. The molecule has 4 N–H and O–H groups in total. The fraction of sp³-hybridized carbons (Fsp3) is 1.00. The second-order valence-electron chi connectivity index (χ2n) is 4.85. The average Bonchev–Trinajstić information content (AvgIpc) is 2.38. The smallest absolute Gasteiger partial charge is 0.130 e. The Morgan fingerprint density at radius 2 is 2.08 bits per heavy atom. The number of nitrogens with two attached hydrogens (primary N) is 2. The topological polar surface area (TPSA) is 52.0 Å². The SMILES string of the molecule is CCC1(C)CC2CCC1[N+]2(N)N. The van der Waals surface area contributed by atoms with Crippen molar-refractivity contribution in [3.8, 4) is 0 Å². The largest absolute Gasteiger partial charge is 0.170 e. The van der Waals surface area contributed by atoms with Crippen LogP contribution >= 0.6 is 0 Å². The second-order valence-corrected chi connectivity index (χ2v) is 4.85. The summed E-state index contributed by atoms with van der Waals surface area (Å²) in [7, 11) is 0. The third-order valence-corrected chi connectivity index (χ3v) is 4.26. The maximum Gasteiger partial charge on any atom is 0.130 e. The molecule has 0 aromatic rings. The summed E-state index contributed by atoms with van der Waals surface area (Å²) in [5, 5.41) is 0. The van der Waals surface area contributed by atoms with Crippen molar-refractivity contribution in [2.45, 2.75) is 51.6 Å². The van der Waals surface area contributed by atoms with E-state index in [4.69, 9.17) is 11.7 Å². The minimum absolute atomic E-state index is 0.310. The molecular weight excluding hydrogens is 150 g/mol. The average molecular weight is 170 g/mol. The lowest BCUT2D eigenvalue weighted by Gasteiger charge is -2.32.